The summed E-state index contributed by atoms with van der Waals surface area (Å²) in [5, 5.41) is 2.71. The molecule has 0 spiro atoms. The van der Waals surface area contributed by atoms with E-state index in [9.17, 15) is 22.8 Å². The number of rotatable bonds is 6. The van der Waals surface area contributed by atoms with Gasteiger partial charge >= 0.3 is 12.1 Å². The molecular formula is C19H22F3NO3. The van der Waals surface area contributed by atoms with Crippen molar-refractivity contribution in [3.8, 4) is 0 Å². The summed E-state index contributed by atoms with van der Waals surface area (Å²) in [5.41, 5.74) is 0.438. The molecule has 1 aliphatic carbocycles. The van der Waals surface area contributed by atoms with E-state index in [0.29, 0.717) is 6.54 Å². The lowest BCUT2D eigenvalue weighted by Crippen LogP contribution is -2.36. The van der Waals surface area contributed by atoms with Gasteiger partial charge in [0.2, 0.25) is 0 Å². The van der Waals surface area contributed by atoms with E-state index in [1.807, 2.05) is 0 Å². The molecule has 142 valence electrons. The number of alkyl halides is 3. The Bertz CT molecular complexity index is 666. The predicted octanol–water partition coefficient (Wildman–Crippen LogP) is 4.26. The fourth-order valence-electron chi connectivity index (χ4n) is 2.70. The van der Waals surface area contributed by atoms with Crippen molar-refractivity contribution in [2.75, 3.05) is 6.54 Å². The van der Waals surface area contributed by atoms with Crippen LogP contribution in [-0.2, 0) is 15.7 Å². The van der Waals surface area contributed by atoms with E-state index in [0.717, 1.165) is 43.5 Å². The summed E-state index contributed by atoms with van der Waals surface area (Å²) in [7, 11) is 0. The molecule has 0 saturated heterocycles. The fraction of sp³-hybridized carbons (Fsp3) is 0.474. The molecule has 1 amide bonds. The molecule has 2 rings (SSSR count). The minimum atomic E-state index is -4.47. The van der Waals surface area contributed by atoms with Crippen LogP contribution in [0.3, 0.4) is 0 Å². The summed E-state index contributed by atoms with van der Waals surface area (Å²) in [6, 6.07) is 3.68. The molecule has 0 aromatic heterocycles. The van der Waals surface area contributed by atoms with Gasteiger partial charge in [0.1, 0.15) is 0 Å². The molecule has 1 aromatic carbocycles. The third-order valence-electron chi connectivity index (χ3n) is 4.23. The van der Waals surface area contributed by atoms with E-state index < -0.39 is 29.7 Å². The third-order valence-corrected chi connectivity index (χ3v) is 4.23. The maximum Gasteiger partial charge on any atom is 0.416 e. The van der Waals surface area contributed by atoms with Gasteiger partial charge in [-0.2, -0.15) is 13.2 Å². The van der Waals surface area contributed by atoms with Gasteiger partial charge in [0, 0.05) is 6.54 Å². The van der Waals surface area contributed by atoms with E-state index in [2.05, 4.69) is 11.4 Å². The first-order valence-corrected chi connectivity index (χ1v) is 8.61. The summed E-state index contributed by atoms with van der Waals surface area (Å²) in [4.78, 5) is 23.9. The zero-order chi connectivity index (χ0) is 19.2. The Labute approximate surface area is 150 Å². The molecular weight excluding hydrogens is 347 g/mol. The van der Waals surface area contributed by atoms with Gasteiger partial charge in [-0.1, -0.05) is 11.6 Å². The number of allylic oxidation sites excluding steroid dienone is 1. The standard InChI is InChI=1S/C19H22F3NO3/c1-13(17(24)23-12-11-14-5-3-2-4-6-14)26-18(25)15-7-9-16(10-8-15)19(20,21)22/h5,7-10,13H,2-4,6,11-12H2,1H3,(H,23,24)/t13-/m0/s1. The Morgan fingerprint density at radius 3 is 2.46 bits per heavy atom. The zero-order valence-corrected chi connectivity index (χ0v) is 14.6. The fourth-order valence-corrected chi connectivity index (χ4v) is 2.70. The summed E-state index contributed by atoms with van der Waals surface area (Å²) < 4.78 is 42.6. The Hall–Kier alpha value is -2.31. The van der Waals surface area contributed by atoms with Crippen molar-refractivity contribution in [2.24, 2.45) is 0 Å². The van der Waals surface area contributed by atoms with Crippen molar-refractivity contribution in [3.05, 3.63) is 47.0 Å². The number of carbonyl (C=O) groups excluding carboxylic acids is 2. The Morgan fingerprint density at radius 2 is 1.88 bits per heavy atom. The average molecular weight is 369 g/mol. The Morgan fingerprint density at radius 1 is 1.19 bits per heavy atom. The van der Waals surface area contributed by atoms with E-state index in [4.69, 9.17) is 4.74 Å². The van der Waals surface area contributed by atoms with Gasteiger partial charge in [0.25, 0.3) is 5.91 Å². The topological polar surface area (TPSA) is 55.4 Å². The Balaban J connectivity index is 1.80. The van der Waals surface area contributed by atoms with E-state index in [-0.39, 0.29) is 5.56 Å². The van der Waals surface area contributed by atoms with Crippen LogP contribution in [0.15, 0.2) is 35.9 Å². The van der Waals surface area contributed by atoms with Crippen LogP contribution < -0.4 is 5.32 Å². The van der Waals surface area contributed by atoms with Crippen LogP contribution >= 0.6 is 0 Å². The van der Waals surface area contributed by atoms with Crippen LogP contribution in [0.1, 0.15) is 54.9 Å². The monoisotopic (exact) mass is 369 g/mol. The quantitative estimate of drug-likeness (QED) is 0.602. The van der Waals surface area contributed by atoms with Crippen molar-refractivity contribution < 1.29 is 27.5 Å². The van der Waals surface area contributed by atoms with Crippen molar-refractivity contribution in [2.45, 2.75) is 51.3 Å². The molecule has 0 fully saturated rings. The van der Waals surface area contributed by atoms with Crippen molar-refractivity contribution >= 4 is 11.9 Å². The maximum absolute atomic E-state index is 12.5. The van der Waals surface area contributed by atoms with Gasteiger partial charge in [0.15, 0.2) is 6.10 Å². The number of hydrogen-bond acceptors (Lipinski definition) is 3. The van der Waals surface area contributed by atoms with E-state index in [1.165, 1.54) is 25.3 Å². The van der Waals surface area contributed by atoms with Crippen LogP contribution in [0.4, 0.5) is 13.2 Å². The highest BCUT2D eigenvalue weighted by molar-refractivity contribution is 5.92. The summed E-state index contributed by atoms with van der Waals surface area (Å²) in [6.45, 7) is 1.89. The van der Waals surface area contributed by atoms with Crippen molar-refractivity contribution in [1.82, 2.24) is 5.32 Å². The molecule has 4 nitrogen and oxygen atoms in total. The maximum atomic E-state index is 12.5. The van der Waals surface area contributed by atoms with Gasteiger partial charge in [-0.25, -0.2) is 4.79 Å². The number of amides is 1. The van der Waals surface area contributed by atoms with Crippen LogP contribution in [0.5, 0.6) is 0 Å². The smallest absolute Gasteiger partial charge is 0.416 e. The number of benzene rings is 1. The van der Waals surface area contributed by atoms with Crippen LogP contribution in [0, 0.1) is 0 Å². The first-order chi connectivity index (χ1) is 12.3. The number of nitrogens with one attached hydrogen (secondary N) is 1. The van der Waals surface area contributed by atoms with E-state index in [1.54, 1.807) is 0 Å². The lowest BCUT2D eigenvalue weighted by Gasteiger charge is -2.16. The number of carbonyl (C=O) groups is 2. The SMILES string of the molecule is C[C@H](OC(=O)c1ccc(C(F)(F)F)cc1)C(=O)NCCC1=CCCCC1. The largest absolute Gasteiger partial charge is 0.449 e. The summed E-state index contributed by atoms with van der Waals surface area (Å²) in [5.74, 6) is -1.27. The van der Waals surface area contributed by atoms with E-state index >= 15 is 0 Å². The second-order valence-corrected chi connectivity index (χ2v) is 6.27. The molecule has 0 radical (unpaired) electrons. The van der Waals surface area contributed by atoms with Crippen LogP contribution in [-0.4, -0.2) is 24.5 Å². The molecule has 0 bridgehead atoms. The molecule has 0 saturated carbocycles. The van der Waals surface area contributed by atoms with Gasteiger partial charge in [0.05, 0.1) is 11.1 Å². The normalized spacial score (nSPS) is 15.8. The van der Waals surface area contributed by atoms with Crippen LogP contribution in [0.25, 0.3) is 0 Å². The Kier molecular flexibility index (Phi) is 6.83. The van der Waals surface area contributed by atoms with Crippen molar-refractivity contribution in [1.29, 1.82) is 0 Å². The highest BCUT2D eigenvalue weighted by Gasteiger charge is 2.30. The average Bonchev–Trinajstić information content (AvgIpc) is 2.61. The number of halogens is 3. The lowest BCUT2D eigenvalue weighted by molar-refractivity contribution is -0.137. The zero-order valence-electron chi connectivity index (χ0n) is 14.6. The van der Waals surface area contributed by atoms with Crippen LogP contribution in [0.2, 0.25) is 0 Å². The predicted molar refractivity (Wildman–Crippen MR) is 90.5 cm³/mol. The molecule has 0 unspecified atom stereocenters. The minimum Gasteiger partial charge on any atom is -0.449 e. The van der Waals surface area contributed by atoms with Gasteiger partial charge in [-0.05, 0) is 63.3 Å². The minimum absolute atomic E-state index is 0.0370. The summed E-state index contributed by atoms with van der Waals surface area (Å²) >= 11 is 0. The first-order valence-electron chi connectivity index (χ1n) is 8.61. The van der Waals surface area contributed by atoms with Crippen molar-refractivity contribution in [3.63, 3.8) is 0 Å². The second-order valence-electron chi connectivity index (χ2n) is 6.27. The molecule has 0 aliphatic heterocycles. The summed E-state index contributed by atoms with van der Waals surface area (Å²) in [6.07, 6.45) is 1.97. The molecule has 7 heteroatoms. The number of hydrogen-bond donors (Lipinski definition) is 1. The molecule has 1 aromatic rings. The van der Waals surface area contributed by atoms with Gasteiger partial charge in [-0.15, -0.1) is 0 Å². The molecule has 0 heterocycles. The third kappa shape index (κ3) is 5.89. The molecule has 1 atom stereocenters. The highest BCUT2D eigenvalue weighted by atomic mass is 19.4. The number of ether oxygens (including phenoxy) is 1. The molecule has 26 heavy (non-hydrogen) atoms. The van der Waals surface area contributed by atoms with Gasteiger partial charge < -0.3 is 10.1 Å². The van der Waals surface area contributed by atoms with Gasteiger partial charge in [-0.3, -0.25) is 4.79 Å². The lowest BCUT2D eigenvalue weighted by atomic mass is 9.97. The molecule has 1 N–H and O–H groups in total. The number of esters is 1. The first kappa shape index (κ1) is 20.0. The highest BCUT2D eigenvalue weighted by Crippen LogP contribution is 2.29. The molecule has 1 aliphatic rings. The second kappa shape index (κ2) is 8.87.